The molecule has 0 spiro atoms. The van der Waals surface area contributed by atoms with E-state index in [0.29, 0.717) is 24.3 Å². The first-order valence-corrected chi connectivity index (χ1v) is 7.24. The van der Waals surface area contributed by atoms with Crippen LogP contribution in [0.25, 0.3) is 0 Å². The molecule has 4 nitrogen and oxygen atoms in total. The number of rotatable bonds is 3. The lowest BCUT2D eigenvalue weighted by molar-refractivity contribution is -0.121. The fourth-order valence-corrected chi connectivity index (χ4v) is 2.63. The SMILES string of the molecule is Cc1cnccc1CC(=O)NC1CCOc2ccc(F)cc21. The third kappa shape index (κ3) is 3.08. The quantitative estimate of drug-likeness (QED) is 0.948. The highest BCUT2D eigenvalue weighted by molar-refractivity contribution is 5.79. The van der Waals surface area contributed by atoms with Crippen molar-refractivity contribution in [2.75, 3.05) is 6.61 Å². The van der Waals surface area contributed by atoms with Gasteiger partial charge in [-0.25, -0.2) is 4.39 Å². The number of aryl methyl sites for hydroxylation is 1. The number of carbonyl (C=O) groups is 1. The molecule has 1 amide bonds. The van der Waals surface area contributed by atoms with Gasteiger partial charge < -0.3 is 10.1 Å². The first-order chi connectivity index (χ1) is 10.6. The van der Waals surface area contributed by atoms with Crippen molar-refractivity contribution in [3.8, 4) is 5.75 Å². The molecule has 114 valence electrons. The lowest BCUT2D eigenvalue weighted by Crippen LogP contribution is -2.33. The molecule has 0 radical (unpaired) electrons. The fraction of sp³-hybridized carbons (Fsp3) is 0.294. The normalized spacial score (nSPS) is 16.5. The van der Waals surface area contributed by atoms with Crippen molar-refractivity contribution in [3.05, 3.63) is 59.2 Å². The molecule has 0 saturated carbocycles. The van der Waals surface area contributed by atoms with Crippen LogP contribution in [0, 0.1) is 12.7 Å². The van der Waals surface area contributed by atoms with Crippen molar-refractivity contribution < 1.29 is 13.9 Å². The van der Waals surface area contributed by atoms with Gasteiger partial charge in [0.25, 0.3) is 0 Å². The first-order valence-electron chi connectivity index (χ1n) is 7.24. The Morgan fingerprint density at radius 3 is 3.14 bits per heavy atom. The zero-order valence-electron chi connectivity index (χ0n) is 12.3. The van der Waals surface area contributed by atoms with E-state index in [1.54, 1.807) is 18.5 Å². The number of aromatic nitrogens is 1. The molecule has 2 heterocycles. The van der Waals surface area contributed by atoms with Crippen molar-refractivity contribution in [1.29, 1.82) is 0 Å². The zero-order chi connectivity index (χ0) is 15.5. The molecule has 0 aliphatic carbocycles. The molecule has 0 fully saturated rings. The highest BCUT2D eigenvalue weighted by Gasteiger charge is 2.23. The van der Waals surface area contributed by atoms with E-state index in [1.807, 2.05) is 13.0 Å². The maximum absolute atomic E-state index is 13.4. The Morgan fingerprint density at radius 2 is 2.32 bits per heavy atom. The van der Waals surface area contributed by atoms with Gasteiger partial charge in [0, 0.05) is 24.4 Å². The highest BCUT2D eigenvalue weighted by atomic mass is 19.1. The van der Waals surface area contributed by atoms with Gasteiger partial charge in [0.05, 0.1) is 19.1 Å². The summed E-state index contributed by atoms with van der Waals surface area (Å²) >= 11 is 0. The summed E-state index contributed by atoms with van der Waals surface area (Å²) in [4.78, 5) is 16.3. The van der Waals surface area contributed by atoms with Crippen molar-refractivity contribution >= 4 is 5.91 Å². The first kappa shape index (κ1) is 14.5. The van der Waals surface area contributed by atoms with Crippen LogP contribution in [0.1, 0.15) is 29.2 Å². The van der Waals surface area contributed by atoms with Crippen molar-refractivity contribution in [1.82, 2.24) is 10.3 Å². The van der Waals surface area contributed by atoms with Crippen LogP contribution < -0.4 is 10.1 Å². The van der Waals surface area contributed by atoms with Crippen LogP contribution in [0.15, 0.2) is 36.7 Å². The molecular weight excluding hydrogens is 283 g/mol. The molecule has 5 heteroatoms. The number of pyridine rings is 1. The average molecular weight is 300 g/mol. The van der Waals surface area contributed by atoms with Crippen LogP contribution in [0.2, 0.25) is 0 Å². The van der Waals surface area contributed by atoms with Crippen molar-refractivity contribution in [2.24, 2.45) is 0 Å². The minimum Gasteiger partial charge on any atom is -0.493 e. The zero-order valence-corrected chi connectivity index (χ0v) is 12.3. The van der Waals surface area contributed by atoms with E-state index in [9.17, 15) is 9.18 Å². The predicted octanol–water partition coefficient (Wildman–Crippen LogP) is 2.71. The van der Waals surface area contributed by atoms with Gasteiger partial charge in [-0.1, -0.05) is 0 Å². The summed E-state index contributed by atoms with van der Waals surface area (Å²) in [6.07, 6.45) is 4.34. The van der Waals surface area contributed by atoms with E-state index in [1.165, 1.54) is 12.1 Å². The molecule has 1 atom stereocenters. The van der Waals surface area contributed by atoms with E-state index in [-0.39, 0.29) is 24.2 Å². The summed E-state index contributed by atoms with van der Waals surface area (Å²) in [6, 6.07) is 6.03. The molecule has 1 aliphatic rings. The lowest BCUT2D eigenvalue weighted by atomic mass is 9.99. The van der Waals surface area contributed by atoms with E-state index < -0.39 is 0 Å². The summed E-state index contributed by atoms with van der Waals surface area (Å²) in [7, 11) is 0. The number of nitrogens with one attached hydrogen (secondary N) is 1. The van der Waals surface area contributed by atoms with Gasteiger partial charge in [-0.2, -0.15) is 0 Å². The summed E-state index contributed by atoms with van der Waals surface area (Å²) in [6.45, 7) is 2.44. The summed E-state index contributed by atoms with van der Waals surface area (Å²) in [5.41, 5.74) is 2.63. The number of hydrogen-bond donors (Lipinski definition) is 1. The van der Waals surface area contributed by atoms with Gasteiger partial charge in [0.1, 0.15) is 11.6 Å². The van der Waals surface area contributed by atoms with Crippen LogP contribution in [0.5, 0.6) is 5.75 Å². The Labute approximate surface area is 128 Å². The van der Waals surface area contributed by atoms with Crippen LogP contribution in [-0.2, 0) is 11.2 Å². The predicted molar refractivity (Wildman–Crippen MR) is 80.1 cm³/mol. The van der Waals surface area contributed by atoms with Crippen molar-refractivity contribution in [3.63, 3.8) is 0 Å². The summed E-state index contributed by atoms with van der Waals surface area (Å²) < 4.78 is 18.9. The topological polar surface area (TPSA) is 51.2 Å². The Hall–Kier alpha value is -2.43. The minimum absolute atomic E-state index is 0.0867. The molecule has 0 bridgehead atoms. The van der Waals surface area contributed by atoms with E-state index in [4.69, 9.17) is 4.74 Å². The van der Waals surface area contributed by atoms with Crippen LogP contribution in [-0.4, -0.2) is 17.5 Å². The Bertz CT molecular complexity index is 703. The largest absolute Gasteiger partial charge is 0.493 e. The molecule has 1 aromatic heterocycles. The second-order valence-electron chi connectivity index (χ2n) is 5.42. The maximum Gasteiger partial charge on any atom is 0.224 e. The number of amides is 1. The third-order valence-corrected chi connectivity index (χ3v) is 3.83. The van der Waals surface area contributed by atoms with Gasteiger partial charge >= 0.3 is 0 Å². The average Bonchev–Trinajstić information content (AvgIpc) is 2.50. The summed E-state index contributed by atoms with van der Waals surface area (Å²) in [5.74, 6) is 0.225. The standard InChI is InChI=1S/C17H17FN2O2/c1-11-10-19-6-4-12(11)8-17(21)20-15-5-7-22-16-3-2-13(18)9-14(15)16/h2-4,6,9-10,15H,5,7-8H2,1H3,(H,20,21). The Morgan fingerprint density at radius 1 is 1.45 bits per heavy atom. The van der Waals surface area contributed by atoms with Gasteiger partial charge in [-0.15, -0.1) is 0 Å². The van der Waals surface area contributed by atoms with Crippen LogP contribution in [0.3, 0.4) is 0 Å². The van der Waals surface area contributed by atoms with E-state index in [0.717, 1.165) is 11.1 Å². The monoisotopic (exact) mass is 300 g/mol. The van der Waals surface area contributed by atoms with Crippen LogP contribution in [0.4, 0.5) is 4.39 Å². The number of halogens is 1. The number of carbonyl (C=O) groups excluding carboxylic acids is 1. The number of nitrogens with zero attached hydrogens (tertiary/aromatic N) is 1. The van der Waals surface area contributed by atoms with Crippen molar-refractivity contribution in [2.45, 2.75) is 25.8 Å². The number of hydrogen-bond acceptors (Lipinski definition) is 3. The number of benzene rings is 1. The Balaban J connectivity index is 1.73. The Kier molecular flexibility index (Phi) is 4.04. The fourth-order valence-electron chi connectivity index (χ4n) is 2.63. The molecule has 0 saturated heterocycles. The van der Waals surface area contributed by atoms with Gasteiger partial charge in [0.2, 0.25) is 5.91 Å². The molecule has 1 unspecified atom stereocenters. The van der Waals surface area contributed by atoms with Crippen LogP contribution >= 0.6 is 0 Å². The van der Waals surface area contributed by atoms with E-state index >= 15 is 0 Å². The third-order valence-electron chi connectivity index (χ3n) is 3.83. The highest BCUT2D eigenvalue weighted by Crippen LogP contribution is 2.32. The molecule has 22 heavy (non-hydrogen) atoms. The van der Waals surface area contributed by atoms with Gasteiger partial charge in [0.15, 0.2) is 0 Å². The van der Waals surface area contributed by atoms with Gasteiger partial charge in [-0.3, -0.25) is 9.78 Å². The van der Waals surface area contributed by atoms with Gasteiger partial charge in [-0.05, 0) is 42.3 Å². The maximum atomic E-state index is 13.4. The molecular formula is C17H17FN2O2. The number of ether oxygens (including phenoxy) is 1. The lowest BCUT2D eigenvalue weighted by Gasteiger charge is -2.26. The second kappa shape index (κ2) is 6.13. The smallest absolute Gasteiger partial charge is 0.224 e. The molecule has 3 rings (SSSR count). The molecule has 1 aromatic carbocycles. The number of fused-ring (bicyclic) bond motifs is 1. The van der Waals surface area contributed by atoms with E-state index in [2.05, 4.69) is 10.3 Å². The molecule has 1 aliphatic heterocycles. The minimum atomic E-state index is -0.325. The molecule has 1 N–H and O–H groups in total. The summed E-state index contributed by atoms with van der Waals surface area (Å²) in [5, 5.41) is 2.97. The second-order valence-corrected chi connectivity index (χ2v) is 5.42. The molecule has 2 aromatic rings.